The SMILES string of the molecule is NCc1cc(Cl)cc(Cl)c1.O=C(O)c1ccccc1-c1ccccc1Br. The molecule has 0 unspecified atom stereocenters. The molecule has 0 aliphatic heterocycles. The molecule has 0 aliphatic carbocycles. The Morgan fingerprint density at radius 1 is 0.923 bits per heavy atom. The number of nitrogens with two attached hydrogens (primary N) is 1. The highest BCUT2D eigenvalue weighted by molar-refractivity contribution is 9.10. The van der Waals surface area contributed by atoms with E-state index in [1.165, 1.54) is 0 Å². The van der Waals surface area contributed by atoms with Gasteiger partial charge in [0.05, 0.1) is 5.56 Å². The van der Waals surface area contributed by atoms with Crippen molar-refractivity contribution in [1.29, 1.82) is 0 Å². The fraction of sp³-hybridized carbons (Fsp3) is 0.0500. The van der Waals surface area contributed by atoms with Crippen LogP contribution in [0.15, 0.2) is 71.2 Å². The van der Waals surface area contributed by atoms with Gasteiger partial charge in [-0.25, -0.2) is 4.79 Å². The van der Waals surface area contributed by atoms with Gasteiger partial charge in [0.15, 0.2) is 0 Å². The summed E-state index contributed by atoms with van der Waals surface area (Å²) in [6.07, 6.45) is 0. The van der Waals surface area contributed by atoms with Crippen LogP contribution in [0.4, 0.5) is 0 Å². The van der Waals surface area contributed by atoms with Crippen LogP contribution < -0.4 is 5.73 Å². The number of halogens is 3. The van der Waals surface area contributed by atoms with E-state index in [2.05, 4.69) is 15.9 Å². The molecule has 0 aliphatic rings. The maximum absolute atomic E-state index is 11.1. The summed E-state index contributed by atoms with van der Waals surface area (Å²) in [6.45, 7) is 0.472. The van der Waals surface area contributed by atoms with Gasteiger partial charge in [0, 0.05) is 21.1 Å². The quantitative estimate of drug-likeness (QED) is 0.492. The van der Waals surface area contributed by atoms with Gasteiger partial charge in [-0.15, -0.1) is 0 Å². The Hall–Kier alpha value is -1.85. The second kappa shape index (κ2) is 9.74. The molecule has 3 aromatic carbocycles. The van der Waals surface area contributed by atoms with E-state index in [0.717, 1.165) is 21.2 Å². The smallest absolute Gasteiger partial charge is 0.336 e. The number of hydrogen-bond donors (Lipinski definition) is 2. The summed E-state index contributed by atoms with van der Waals surface area (Å²) in [5.41, 5.74) is 8.25. The van der Waals surface area contributed by atoms with Crippen molar-refractivity contribution in [3.05, 3.63) is 92.4 Å². The first-order chi connectivity index (χ1) is 12.4. The summed E-state index contributed by atoms with van der Waals surface area (Å²) >= 11 is 14.8. The molecule has 0 saturated heterocycles. The largest absolute Gasteiger partial charge is 0.478 e. The molecule has 26 heavy (non-hydrogen) atoms. The molecule has 3 aromatic rings. The van der Waals surface area contributed by atoms with Crippen LogP contribution in [0, 0.1) is 0 Å². The lowest BCUT2D eigenvalue weighted by molar-refractivity contribution is 0.0697. The average molecular weight is 453 g/mol. The lowest BCUT2D eigenvalue weighted by Gasteiger charge is -2.07. The van der Waals surface area contributed by atoms with Gasteiger partial charge in [-0.3, -0.25) is 0 Å². The molecule has 0 atom stereocenters. The molecule has 3 N–H and O–H groups in total. The Bertz CT molecular complexity index is 896. The number of rotatable bonds is 3. The van der Waals surface area contributed by atoms with E-state index in [1.54, 1.807) is 30.3 Å². The third kappa shape index (κ3) is 5.58. The van der Waals surface area contributed by atoms with E-state index in [0.29, 0.717) is 22.2 Å². The lowest BCUT2D eigenvalue weighted by Crippen LogP contribution is -1.99. The van der Waals surface area contributed by atoms with Crippen LogP contribution in [-0.2, 0) is 6.54 Å². The Morgan fingerprint density at radius 2 is 1.46 bits per heavy atom. The minimum atomic E-state index is -0.911. The predicted octanol–water partition coefficient (Wildman–Crippen LogP) is 6.27. The van der Waals surface area contributed by atoms with Crippen molar-refractivity contribution in [3.8, 4) is 11.1 Å². The molecule has 0 radical (unpaired) electrons. The molecule has 0 amide bonds. The van der Waals surface area contributed by atoms with Crippen molar-refractivity contribution in [2.75, 3.05) is 0 Å². The topological polar surface area (TPSA) is 63.3 Å². The Kier molecular flexibility index (Phi) is 7.66. The second-order valence-electron chi connectivity index (χ2n) is 5.31. The molecule has 0 fully saturated rings. The number of carboxylic acid groups (broad SMARTS) is 1. The van der Waals surface area contributed by atoms with Gasteiger partial charge in [-0.2, -0.15) is 0 Å². The molecule has 0 bridgehead atoms. The monoisotopic (exact) mass is 451 g/mol. The average Bonchev–Trinajstić information content (AvgIpc) is 2.62. The molecule has 6 heteroatoms. The first kappa shape index (κ1) is 20.5. The van der Waals surface area contributed by atoms with Crippen LogP contribution >= 0.6 is 39.1 Å². The van der Waals surface area contributed by atoms with Crippen LogP contribution in [0.5, 0.6) is 0 Å². The minimum Gasteiger partial charge on any atom is -0.478 e. The predicted molar refractivity (Wildman–Crippen MR) is 111 cm³/mol. The molecule has 3 rings (SSSR count). The van der Waals surface area contributed by atoms with E-state index in [1.807, 2.05) is 36.4 Å². The van der Waals surface area contributed by atoms with Crippen molar-refractivity contribution < 1.29 is 9.90 Å². The minimum absolute atomic E-state index is 0.314. The Labute approximate surface area is 170 Å². The standard InChI is InChI=1S/C13H9BrO2.C7H7Cl2N/c14-12-8-4-3-6-10(12)9-5-1-2-7-11(9)13(15)16;8-6-1-5(4-10)2-7(9)3-6/h1-8H,(H,15,16);1-3H,4,10H2. The summed E-state index contributed by atoms with van der Waals surface area (Å²) < 4.78 is 0.892. The third-order valence-electron chi connectivity index (χ3n) is 3.48. The molecular formula is C20H16BrCl2NO2. The van der Waals surface area contributed by atoms with E-state index >= 15 is 0 Å². The summed E-state index contributed by atoms with van der Waals surface area (Å²) in [5, 5.41) is 10.4. The molecule has 0 spiro atoms. The summed E-state index contributed by atoms with van der Waals surface area (Å²) in [5.74, 6) is -0.911. The zero-order valence-corrected chi connectivity index (χ0v) is 16.7. The highest BCUT2D eigenvalue weighted by Gasteiger charge is 2.12. The molecule has 0 aromatic heterocycles. The fourth-order valence-electron chi connectivity index (χ4n) is 2.31. The molecular weight excluding hydrogens is 437 g/mol. The second-order valence-corrected chi connectivity index (χ2v) is 7.04. The summed E-state index contributed by atoms with van der Waals surface area (Å²) in [4.78, 5) is 11.1. The lowest BCUT2D eigenvalue weighted by atomic mass is 10.00. The van der Waals surface area contributed by atoms with Crippen molar-refractivity contribution in [2.24, 2.45) is 5.73 Å². The maximum atomic E-state index is 11.1. The van der Waals surface area contributed by atoms with Crippen molar-refractivity contribution in [1.82, 2.24) is 0 Å². The maximum Gasteiger partial charge on any atom is 0.336 e. The Morgan fingerprint density at radius 3 is 2.00 bits per heavy atom. The van der Waals surface area contributed by atoms with E-state index in [-0.39, 0.29) is 0 Å². The van der Waals surface area contributed by atoms with E-state index in [4.69, 9.17) is 34.0 Å². The zero-order chi connectivity index (χ0) is 19.1. The van der Waals surface area contributed by atoms with Crippen LogP contribution in [0.3, 0.4) is 0 Å². The number of carboxylic acids is 1. The fourth-order valence-corrected chi connectivity index (χ4v) is 3.38. The number of hydrogen-bond acceptors (Lipinski definition) is 2. The first-order valence-corrected chi connectivity index (χ1v) is 9.19. The van der Waals surface area contributed by atoms with E-state index in [9.17, 15) is 4.79 Å². The van der Waals surface area contributed by atoms with Crippen LogP contribution in [0.1, 0.15) is 15.9 Å². The van der Waals surface area contributed by atoms with Gasteiger partial charge in [-0.1, -0.05) is 75.5 Å². The molecule has 134 valence electrons. The van der Waals surface area contributed by atoms with Crippen molar-refractivity contribution in [2.45, 2.75) is 6.54 Å². The van der Waals surface area contributed by atoms with E-state index < -0.39 is 5.97 Å². The van der Waals surface area contributed by atoms with Gasteiger partial charge < -0.3 is 10.8 Å². The highest BCUT2D eigenvalue weighted by atomic mass is 79.9. The highest BCUT2D eigenvalue weighted by Crippen LogP contribution is 2.30. The van der Waals surface area contributed by atoms with Gasteiger partial charge >= 0.3 is 5.97 Å². The van der Waals surface area contributed by atoms with Crippen LogP contribution in [0.2, 0.25) is 10.0 Å². The summed E-state index contributed by atoms with van der Waals surface area (Å²) in [6, 6.07) is 19.8. The third-order valence-corrected chi connectivity index (χ3v) is 4.61. The van der Waals surface area contributed by atoms with Gasteiger partial charge in [0.1, 0.15) is 0 Å². The number of carbonyl (C=O) groups is 1. The van der Waals surface area contributed by atoms with Crippen molar-refractivity contribution >= 4 is 45.1 Å². The number of aromatic carboxylic acids is 1. The number of benzene rings is 3. The van der Waals surface area contributed by atoms with Gasteiger partial charge in [0.25, 0.3) is 0 Å². The Balaban J connectivity index is 0.000000209. The van der Waals surface area contributed by atoms with Crippen LogP contribution in [-0.4, -0.2) is 11.1 Å². The van der Waals surface area contributed by atoms with Gasteiger partial charge in [0.2, 0.25) is 0 Å². The molecule has 0 saturated carbocycles. The normalized spacial score (nSPS) is 10.0. The summed E-state index contributed by atoms with van der Waals surface area (Å²) in [7, 11) is 0. The molecule has 0 heterocycles. The van der Waals surface area contributed by atoms with Crippen LogP contribution in [0.25, 0.3) is 11.1 Å². The van der Waals surface area contributed by atoms with Crippen molar-refractivity contribution in [3.63, 3.8) is 0 Å². The molecule has 3 nitrogen and oxygen atoms in total. The first-order valence-electron chi connectivity index (χ1n) is 7.64. The van der Waals surface area contributed by atoms with Gasteiger partial charge in [-0.05, 0) is 47.0 Å². The zero-order valence-electron chi connectivity index (χ0n) is 13.6.